The van der Waals surface area contributed by atoms with E-state index in [4.69, 9.17) is 16.3 Å². The van der Waals surface area contributed by atoms with E-state index < -0.39 is 40.4 Å². The van der Waals surface area contributed by atoms with Crippen molar-refractivity contribution >= 4 is 17.6 Å². The molecule has 2 unspecified atom stereocenters. The number of hydrogen-bond acceptors (Lipinski definition) is 3. The Morgan fingerprint density at radius 1 is 1.48 bits per heavy atom. The lowest BCUT2D eigenvalue weighted by Gasteiger charge is -2.05. The second-order valence-electron chi connectivity index (χ2n) is 5.93. The summed E-state index contributed by atoms with van der Waals surface area (Å²) in [6.45, 7) is 3.15. The van der Waals surface area contributed by atoms with Gasteiger partial charge < -0.3 is 4.74 Å². The molecule has 0 spiro atoms. The SMILES string of the molecule is CC1(C)C(/C=C(\Cl)C(F)(F)F)C1C(=O)OCc1ccnc(F)c1. The fourth-order valence-corrected chi connectivity index (χ4v) is 2.60. The molecule has 1 heterocycles. The van der Waals surface area contributed by atoms with E-state index in [0.717, 1.165) is 12.1 Å². The number of alkyl halides is 3. The quantitative estimate of drug-likeness (QED) is 0.463. The molecule has 1 aliphatic carbocycles. The minimum Gasteiger partial charge on any atom is -0.461 e. The predicted molar refractivity (Wildman–Crippen MR) is 74.7 cm³/mol. The number of halogens is 5. The summed E-state index contributed by atoms with van der Waals surface area (Å²) in [6, 6.07) is 2.59. The maximum absolute atomic E-state index is 12.9. The molecule has 23 heavy (non-hydrogen) atoms. The molecule has 0 aromatic carbocycles. The Kier molecular flexibility index (Phi) is 4.71. The molecule has 3 nitrogen and oxygen atoms in total. The molecule has 0 amide bonds. The number of hydrogen-bond donors (Lipinski definition) is 0. The molecule has 0 radical (unpaired) electrons. The first-order valence-electron chi connectivity index (χ1n) is 6.75. The van der Waals surface area contributed by atoms with E-state index in [-0.39, 0.29) is 6.61 Å². The fourth-order valence-electron chi connectivity index (χ4n) is 2.47. The number of carbonyl (C=O) groups is 1. The topological polar surface area (TPSA) is 39.2 Å². The van der Waals surface area contributed by atoms with Crippen molar-refractivity contribution in [1.29, 1.82) is 0 Å². The first-order valence-corrected chi connectivity index (χ1v) is 7.13. The maximum atomic E-state index is 12.9. The molecular formula is C15H14ClF4NO2. The monoisotopic (exact) mass is 351 g/mol. The van der Waals surface area contributed by atoms with Gasteiger partial charge in [0.2, 0.25) is 5.95 Å². The van der Waals surface area contributed by atoms with Crippen LogP contribution < -0.4 is 0 Å². The molecular weight excluding hydrogens is 338 g/mol. The number of ether oxygens (including phenoxy) is 1. The van der Waals surface area contributed by atoms with Crippen molar-refractivity contribution in [3.05, 3.63) is 40.9 Å². The van der Waals surface area contributed by atoms with Crippen LogP contribution in [0.1, 0.15) is 19.4 Å². The van der Waals surface area contributed by atoms with Crippen molar-refractivity contribution in [2.24, 2.45) is 17.3 Å². The number of aromatic nitrogens is 1. The Bertz CT molecular complexity index is 643. The number of nitrogens with zero attached hydrogens (tertiary/aromatic N) is 1. The molecule has 0 aliphatic heterocycles. The van der Waals surface area contributed by atoms with Crippen LogP contribution in [-0.4, -0.2) is 17.1 Å². The van der Waals surface area contributed by atoms with Crippen molar-refractivity contribution in [3.63, 3.8) is 0 Å². The van der Waals surface area contributed by atoms with Crippen molar-refractivity contribution in [3.8, 4) is 0 Å². The van der Waals surface area contributed by atoms with Gasteiger partial charge in [-0.25, -0.2) is 4.98 Å². The second kappa shape index (κ2) is 6.11. The number of allylic oxidation sites excluding steroid dienone is 2. The van der Waals surface area contributed by atoms with Crippen molar-refractivity contribution < 1.29 is 27.1 Å². The average molecular weight is 352 g/mol. The highest BCUT2D eigenvalue weighted by atomic mass is 35.5. The Balaban J connectivity index is 2.00. The van der Waals surface area contributed by atoms with Crippen molar-refractivity contribution in [2.75, 3.05) is 0 Å². The van der Waals surface area contributed by atoms with Crippen molar-refractivity contribution in [1.82, 2.24) is 4.98 Å². The van der Waals surface area contributed by atoms with E-state index in [9.17, 15) is 22.4 Å². The summed E-state index contributed by atoms with van der Waals surface area (Å²) in [5, 5.41) is -1.25. The predicted octanol–water partition coefficient (Wildman–Crippen LogP) is 4.22. The molecule has 1 aromatic heterocycles. The summed E-state index contributed by atoms with van der Waals surface area (Å²) in [4.78, 5) is 15.4. The number of carbonyl (C=O) groups excluding carboxylic acids is 1. The summed E-state index contributed by atoms with van der Waals surface area (Å²) >= 11 is 5.21. The molecule has 1 aromatic rings. The lowest BCUT2D eigenvalue weighted by molar-refractivity contribution is -0.147. The van der Waals surface area contributed by atoms with Crippen LogP contribution in [0, 0.1) is 23.2 Å². The van der Waals surface area contributed by atoms with Gasteiger partial charge in [-0.05, 0) is 29.0 Å². The number of esters is 1. The van der Waals surface area contributed by atoms with Gasteiger partial charge in [-0.2, -0.15) is 17.6 Å². The zero-order valence-corrected chi connectivity index (χ0v) is 13.1. The third-order valence-corrected chi connectivity index (χ3v) is 4.27. The van der Waals surface area contributed by atoms with Gasteiger partial charge in [-0.15, -0.1) is 0 Å². The molecule has 8 heteroatoms. The van der Waals surface area contributed by atoms with Gasteiger partial charge in [0, 0.05) is 6.20 Å². The van der Waals surface area contributed by atoms with Crippen LogP contribution in [0.2, 0.25) is 0 Å². The fraction of sp³-hybridized carbons (Fsp3) is 0.467. The molecule has 126 valence electrons. The Hall–Kier alpha value is -1.63. The van der Waals surface area contributed by atoms with E-state index >= 15 is 0 Å². The summed E-state index contributed by atoms with van der Waals surface area (Å²) < 4.78 is 55.4. The highest BCUT2D eigenvalue weighted by molar-refractivity contribution is 6.30. The summed E-state index contributed by atoms with van der Waals surface area (Å²) in [5.74, 6) is -2.72. The van der Waals surface area contributed by atoms with Crippen LogP contribution in [0.15, 0.2) is 29.4 Å². The van der Waals surface area contributed by atoms with E-state index in [2.05, 4.69) is 4.98 Å². The van der Waals surface area contributed by atoms with Gasteiger partial charge in [0.25, 0.3) is 0 Å². The van der Waals surface area contributed by atoms with Crippen LogP contribution in [0.25, 0.3) is 0 Å². The Labute approximate surface area is 135 Å². The first-order chi connectivity index (χ1) is 10.5. The molecule has 1 saturated carbocycles. The number of pyridine rings is 1. The highest BCUT2D eigenvalue weighted by Crippen LogP contribution is 2.60. The average Bonchev–Trinajstić information content (AvgIpc) is 2.96. The van der Waals surface area contributed by atoms with Gasteiger partial charge in [0.15, 0.2) is 0 Å². The zero-order chi connectivity index (χ0) is 17.4. The Morgan fingerprint density at radius 3 is 2.70 bits per heavy atom. The van der Waals surface area contributed by atoms with Crippen LogP contribution in [0.3, 0.4) is 0 Å². The molecule has 0 N–H and O–H groups in total. The standard InChI is InChI=1S/C15H14ClF4NO2/c1-14(2)9(6-10(16)15(18,19)20)12(14)13(22)23-7-8-3-4-21-11(17)5-8/h3-6,9,12H,7H2,1-2H3/b10-6-. The molecule has 2 rings (SSSR count). The Morgan fingerprint density at radius 2 is 2.13 bits per heavy atom. The van der Waals surface area contributed by atoms with E-state index in [1.54, 1.807) is 13.8 Å². The van der Waals surface area contributed by atoms with Crippen LogP contribution in [-0.2, 0) is 16.1 Å². The normalized spacial score (nSPS) is 23.5. The summed E-state index contributed by atoms with van der Waals surface area (Å²) in [6.07, 6.45) is -2.56. The molecule has 1 aliphatic rings. The van der Waals surface area contributed by atoms with Crippen LogP contribution in [0.5, 0.6) is 0 Å². The van der Waals surface area contributed by atoms with Gasteiger partial charge >= 0.3 is 12.1 Å². The van der Waals surface area contributed by atoms with Gasteiger partial charge in [0.05, 0.1) is 5.92 Å². The molecule has 2 atom stereocenters. The largest absolute Gasteiger partial charge is 0.461 e. The first kappa shape index (κ1) is 17.7. The zero-order valence-electron chi connectivity index (χ0n) is 12.3. The lowest BCUT2D eigenvalue weighted by Crippen LogP contribution is -2.11. The molecule has 0 saturated heterocycles. The van der Waals surface area contributed by atoms with Gasteiger partial charge in [0.1, 0.15) is 11.6 Å². The van der Waals surface area contributed by atoms with E-state index in [1.807, 2.05) is 0 Å². The summed E-state index contributed by atoms with van der Waals surface area (Å²) in [5.41, 5.74) is -0.267. The lowest BCUT2D eigenvalue weighted by atomic mass is 10.1. The van der Waals surface area contributed by atoms with E-state index in [0.29, 0.717) is 5.56 Å². The van der Waals surface area contributed by atoms with Gasteiger partial charge in [-0.3, -0.25) is 4.79 Å². The maximum Gasteiger partial charge on any atom is 0.426 e. The number of rotatable bonds is 4. The van der Waals surface area contributed by atoms with Crippen LogP contribution in [0.4, 0.5) is 17.6 Å². The van der Waals surface area contributed by atoms with E-state index in [1.165, 1.54) is 12.3 Å². The summed E-state index contributed by atoms with van der Waals surface area (Å²) in [7, 11) is 0. The molecule has 1 fully saturated rings. The minimum absolute atomic E-state index is 0.172. The third kappa shape index (κ3) is 4.02. The molecule has 0 bridgehead atoms. The van der Waals surface area contributed by atoms with Crippen LogP contribution >= 0.6 is 11.6 Å². The smallest absolute Gasteiger partial charge is 0.426 e. The highest BCUT2D eigenvalue weighted by Gasteiger charge is 2.62. The van der Waals surface area contributed by atoms with Gasteiger partial charge in [-0.1, -0.05) is 31.5 Å². The minimum atomic E-state index is -4.64. The van der Waals surface area contributed by atoms with Crippen molar-refractivity contribution in [2.45, 2.75) is 26.6 Å². The third-order valence-electron chi connectivity index (χ3n) is 3.93. The second-order valence-corrected chi connectivity index (χ2v) is 6.34.